The quantitative estimate of drug-likeness (QED) is 0.511. The third-order valence-corrected chi connectivity index (χ3v) is 8.33. The summed E-state index contributed by atoms with van der Waals surface area (Å²) in [5.74, 6) is -2.31. The zero-order chi connectivity index (χ0) is 26.3. The van der Waals surface area contributed by atoms with Gasteiger partial charge in [0.25, 0.3) is 0 Å². The van der Waals surface area contributed by atoms with E-state index in [1.54, 1.807) is 0 Å². The fourth-order valence-corrected chi connectivity index (χ4v) is 6.47. The van der Waals surface area contributed by atoms with E-state index in [9.17, 15) is 19.5 Å². The second-order valence-corrected chi connectivity index (χ2v) is 10.6. The highest BCUT2D eigenvalue weighted by Crippen LogP contribution is 2.59. The maximum absolute atomic E-state index is 14.0. The van der Waals surface area contributed by atoms with Gasteiger partial charge in [0.1, 0.15) is 11.6 Å². The molecule has 0 radical (unpaired) electrons. The minimum absolute atomic E-state index is 0.235. The van der Waals surface area contributed by atoms with E-state index < -0.39 is 35.6 Å². The molecule has 3 heterocycles. The van der Waals surface area contributed by atoms with Crippen LogP contribution in [0.25, 0.3) is 0 Å². The van der Waals surface area contributed by atoms with Crippen LogP contribution in [0, 0.1) is 25.7 Å². The van der Waals surface area contributed by atoms with Crippen LogP contribution in [0.1, 0.15) is 42.9 Å². The molecule has 3 aliphatic rings. The van der Waals surface area contributed by atoms with Crippen molar-refractivity contribution in [1.29, 1.82) is 0 Å². The molecule has 1 spiro atoms. The number of nitrogens with zero attached hydrogens (tertiary/aromatic N) is 1. The molecule has 3 saturated heterocycles. The summed E-state index contributed by atoms with van der Waals surface area (Å²) in [6.07, 6.45) is 1.17. The highest BCUT2D eigenvalue weighted by Gasteiger charge is 2.75. The Morgan fingerprint density at radius 3 is 2.62 bits per heavy atom. The molecule has 0 aliphatic carbocycles. The number of likely N-dealkylation sites (tertiary alicyclic amines) is 1. The van der Waals surface area contributed by atoms with Crippen LogP contribution in [0.3, 0.4) is 0 Å². The van der Waals surface area contributed by atoms with E-state index >= 15 is 0 Å². The Morgan fingerprint density at radius 2 is 1.92 bits per heavy atom. The Hall–Kier alpha value is -3.23. The standard InChI is InChI=1S/C29H35N3O5/c1-4-20(16-33)32-25(27(35)31-21-14-17(2)10-11-18(21)3)29-13-12-22(37-29)23(24(29)28(32)36)26(34)30-15-19-8-6-5-7-9-19/h5-11,14,20,22-25,33H,4,12-13,15-16H2,1-3H3,(H,30,34)(H,31,35)/t20-,22+,23-,24-,25?,29?/m0/s1. The molecule has 8 nitrogen and oxygen atoms in total. The van der Waals surface area contributed by atoms with Crippen molar-refractivity contribution in [3.8, 4) is 0 Å². The molecule has 2 bridgehead atoms. The average Bonchev–Trinajstić information content (AvgIpc) is 3.54. The van der Waals surface area contributed by atoms with Crippen LogP contribution in [0.4, 0.5) is 5.69 Å². The van der Waals surface area contributed by atoms with Crippen molar-refractivity contribution in [2.24, 2.45) is 11.8 Å². The molecule has 0 saturated carbocycles. The van der Waals surface area contributed by atoms with Crippen molar-refractivity contribution in [3.05, 3.63) is 65.2 Å². The van der Waals surface area contributed by atoms with Gasteiger partial charge < -0.3 is 25.4 Å². The van der Waals surface area contributed by atoms with Gasteiger partial charge in [-0.2, -0.15) is 0 Å². The first-order valence-electron chi connectivity index (χ1n) is 13.1. The third kappa shape index (κ3) is 4.22. The Morgan fingerprint density at radius 1 is 1.16 bits per heavy atom. The largest absolute Gasteiger partial charge is 0.394 e. The van der Waals surface area contributed by atoms with Crippen LogP contribution in [-0.4, -0.2) is 58.1 Å². The van der Waals surface area contributed by atoms with Gasteiger partial charge in [-0.3, -0.25) is 14.4 Å². The lowest BCUT2D eigenvalue weighted by atomic mass is 9.70. The zero-order valence-electron chi connectivity index (χ0n) is 21.6. The summed E-state index contributed by atoms with van der Waals surface area (Å²) in [5.41, 5.74) is 2.46. The van der Waals surface area contributed by atoms with Crippen molar-refractivity contribution in [1.82, 2.24) is 10.2 Å². The summed E-state index contributed by atoms with van der Waals surface area (Å²) >= 11 is 0. The number of aliphatic hydroxyl groups is 1. The van der Waals surface area contributed by atoms with Gasteiger partial charge in [0, 0.05) is 12.2 Å². The van der Waals surface area contributed by atoms with Crippen LogP contribution in [0.5, 0.6) is 0 Å². The van der Waals surface area contributed by atoms with Gasteiger partial charge in [-0.25, -0.2) is 0 Å². The lowest BCUT2D eigenvalue weighted by molar-refractivity contribution is -0.144. The molecule has 3 N–H and O–H groups in total. The van der Waals surface area contributed by atoms with E-state index in [0.29, 0.717) is 31.5 Å². The summed E-state index contributed by atoms with van der Waals surface area (Å²) in [7, 11) is 0. The average molecular weight is 506 g/mol. The molecule has 196 valence electrons. The molecule has 6 atom stereocenters. The summed E-state index contributed by atoms with van der Waals surface area (Å²) in [5, 5.41) is 16.2. The minimum atomic E-state index is -1.10. The zero-order valence-corrected chi connectivity index (χ0v) is 21.6. The fourth-order valence-electron chi connectivity index (χ4n) is 6.47. The number of carbonyl (C=O) groups is 3. The van der Waals surface area contributed by atoms with Crippen LogP contribution in [0.2, 0.25) is 0 Å². The monoisotopic (exact) mass is 505 g/mol. The summed E-state index contributed by atoms with van der Waals surface area (Å²) in [4.78, 5) is 42.8. The van der Waals surface area contributed by atoms with Gasteiger partial charge in [-0.05, 0) is 55.9 Å². The van der Waals surface area contributed by atoms with E-state index in [1.807, 2.05) is 69.3 Å². The summed E-state index contributed by atoms with van der Waals surface area (Å²) in [6.45, 7) is 5.83. The number of amides is 3. The van der Waals surface area contributed by atoms with Gasteiger partial charge in [-0.1, -0.05) is 49.4 Å². The minimum Gasteiger partial charge on any atom is -0.394 e. The molecule has 3 fully saturated rings. The first kappa shape index (κ1) is 25.4. The molecule has 2 aromatic carbocycles. The van der Waals surface area contributed by atoms with Gasteiger partial charge in [0.05, 0.1) is 30.6 Å². The van der Waals surface area contributed by atoms with E-state index in [1.165, 1.54) is 4.90 Å². The van der Waals surface area contributed by atoms with Gasteiger partial charge >= 0.3 is 0 Å². The van der Waals surface area contributed by atoms with Gasteiger partial charge in [-0.15, -0.1) is 0 Å². The molecule has 8 heteroatoms. The number of aliphatic hydroxyl groups excluding tert-OH is 1. The first-order valence-corrected chi connectivity index (χ1v) is 13.1. The van der Waals surface area contributed by atoms with E-state index in [2.05, 4.69) is 10.6 Å². The van der Waals surface area contributed by atoms with Gasteiger partial charge in [0.2, 0.25) is 17.7 Å². The maximum atomic E-state index is 14.0. The molecule has 2 aromatic rings. The number of nitrogens with one attached hydrogen (secondary N) is 2. The molecule has 0 aromatic heterocycles. The van der Waals surface area contributed by atoms with Crippen molar-refractivity contribution in [2.75, 3.05) is 11.9 Å². The Kier molecular flexibility index (Phi) is 6.81. The number of hydrogen-bond acceptors (Lipinski definition) is 5. The number of hydrogen-bond donors (Lipinski definition) is 3. The number of ether oxygens (including phenoxy) is 1. The topological polar surface area (TPSA) is 108 Å². The second-order valence-electron chi connectivity index (χ2n) is 10.6. The van der Waals surface area contributed by atoms with E-state index in [-0.39, 0.29) is 24.3 Å². The van der Waals surface area contributed by atoms with Crippen LogP contribution >= 0.6 is 0 Å². The van der Waals surface area contributed by atoms with Crippen molar-refractivity contribution >= 4 is 23.4 Å². The first-order chi connectivity index (χ1) is 17.8. The molecule has 5 rings (SSSR count). The van der Waals surface area contributed by atoms with Crippen LogP contribution < -0.4 is 10.6 Å². The summed E-state index contributed by atoms with van der Waals surface area (Å²) < 4.78 is 6.47. The second kappa shape index (κ2) is 9.91. The maximum Gasteiger partial charge on any atom is 0.250 e. The fraction of sp³-hybridized carbons (Fsp3) is 0.483. The molecule has 3 aliphatic heterocycles. The highest BCUT2D eigenvalue weighted by atomic mass is 16.5. The van der Waals surface area contributed by atoms with E-state index in [0.717, 1.165) is 16.7 Å². The molecule has 2 unspecified atom stereocenters. The Balaban J connectivity index is 1.46. The number of fused-ring (bicyclic) bond motifs is 1. The number of anilines is 1. The lowest BCUT2D eigenvalue weighted by Crippen LogP contribution is -2.56. The van der Waals surface area contributed by atoms with Crippen molar-refractivity contribution in [3.63, 3.8) is 0 Å². The number of aryl methyl sites for hydroxylation is 2. The van der Waals surface area contributed by atoms with Crippen molar-refractivity contribution < 1.29 is 24.2 Å². The predicted molar refractivity (Wildman–Crippen MR) is 138 cm³/mol. The van der Waals surface area contributed by atoms with Crippen LogP contribution in [-0.2, 0) is 25.7 Å². The normalized spacial score (nSPS) is 28.8. The van der Waals surface area contributed by atoms with Crippen LogP contribution in [0.15, 0.2) is 48.5 Å². The molecular formula is C29H35N3O5. The lowest BCUT2D eigenvalue weighted by Gasteiger charge is -2.36. The Labute approximate surface area is 217 Å². The number of carbonyl (C=O) groups excluding carboxylic acids is 3. The smallest absolute Gasteiger partial charge is 0.250 e. The summed E-state index contributed by atoms with van der Waals surface area (Å²) in [6, 6.07) is 13.9. The van der Waals surface area contributed by atoms with Gasteiger partial charge in [0.15, 0.2) is 0 Å². The highest BCUT2D eigenvalue weighted by molar-refractivity contribution is 6.04. The predicted octanol–water partition coefficient (Wildman–Crippen LogP) is 2.70. The number of benzene rings is 2. The molecule has 3 amide bonds. The Bertz CT molecular complexity index is 1200. The van der Waals surface area contributed by atoms with E-state index in [4.69, 9.17) is 4.74 Å². The SMILES string of the molecule is CC[C@@H](CO)N1C(=O)[C@@H]2[C@@H](C(=O)NCc3ccccc3)[C@H]3CCC2(O3)C1C(=O)Nc1cc(C)ccc1C. The molecular weight excluding hydrogens is 470 g/mol. The third-order valence-electron chi connectivity index (χ3n) is 8.33. The van der Waals surface area contributed by atoms with Crippen molar-refractivity contribution in [2.45, 2.75) is 70.4 Å². The molecule has 37 heavy (non-hydrogen) atoms. The number of rotatable bonds is 8.